The van der Waals surface area contributed by atoms with Gasteiger partial charge >= 0.3 is 0 Å². The highest BCUT2D eigenvalue weighted by atomic mass is 15.2. The summed E-state index contributed by atoms with van der Waals surface area (Å²) in [6.45, 7) is 4.70. The average Bonchev–Trinajstić information content (AvgIpc) is 3.52. The summed E-state index contributed by atoms with van der Waals surface area (Å²) in [5.41, 5.74) is 10.6. The van der Waals surface area contributed by atoms with E-state index in [9.17, 15) is 0 Å². The summed E-state index contributed by atoms with van der Waals surface area (Å²) in [6, 6.07) is 50.3. The Morgan fingerprint density at radius 2 is 1.27 bits per heavy atom. The number of nitrogens with zero attached hydrogens (tertiary/aromatic N) is 2. The van der Waals surface area contributed by atoms with E-state index in [1.165, 1.54) is 60.4 Å². The molecule has 1 N–H and O–H groups in total. The summed E-state index contributed by atoms with van der Waals surface area (Å²) < 4.78 is 2.52. The highest BCUT2D eigenvalue weighted by molar-refractivity contribution is 6.13. The van der Waals surface area contributed by atoms with Crippen LogP contribution in [-0.2, 0) is 5.41 Å². The van der Waals surface area contributed by atoms with E-state index in [0.717, 1.165) is 17.1 Å². The van der Waals surface area contributed by atoms with Crippen LogP contribution in [-0.4, -0.2) is 10.4 Å². The number of rotatable bonds is 3. The molecule has 210 valence electrons. The van der Waals surface area contributed by atoms with E-state index in [4.69, 9.17) is 4.99 Å². The van der Waals surface area contributed by atoms with Gasteiger partial charge in [-0.3, -0.25) is 0 Å². The molecule has 1 atom stereocenters. The molecule has 0 spiro atoms. The predicted octanol–water partition coefficient (Wildman–Crippen LogP) is 9.87. The normalized spacial score (nSPS) is 17.0. The van der Waals surface area contributed by atoms with Crippen molar-refractivity contribution in [3.63, 3.8) is 0 Å². The summed E-state index contributed by atoms with van der Waals surface area (Å²) in [5.74, 6) is 0.894. The third-order valence-corrected chi connectivity index (χ3v) is 9.63. The number of nitrogens with one attached hydrogen (secondary N) is 1. The number of hydrogen-bond acceptors (Lipinski definition) is 2. The van der Waals surface area contributed by atoms with Gasteiger partial charge in [0.05, 0.1) is 16.7 Å². The molecule has 0 bridgehead atoms. The molecule has 0 fully saturated rings. The Morgan fingerprint density at radius 1 is 0.591 bits per heavy atom. The number of para-hydroxylation sites is 1. The molecule has 0 amide bonds. The van der Waals surface area contributed by atoms with Crippen LogP contribution in [0.15, 0.2) is 150 Å². The third kappa shape index (κ3) is 3.59. The van der Waals surface area contributed by atoms with Gasteiger partial charge in [0.25, 0.3) is 0 Å². The van der Waals surface area contributed by atoms with Gasteiger partial charge in [-0.2, -0.15) is 0 Å². The van der Waals surface area contributed by atoms with Crippen molar-refractivity contribution in [1.29, 1.82) is 0 Å². The summed E-state index contributed by atoms with van der Waals surface area (Å²) in [4.78, 5) is 5.43. The zero-order valence-corrected chi connectivity index (χ0v) is 24.8. The van der Waals surface area contributed by atoms with Gasteiger partial charge in [-0.05, 0) is 51.7 Å². The van der Waals surface area contributed by atoms with Crippen LogP contribution in [0.1, 0.15) is 36.7 Å². The minimum Gasteiger partial charge on any atom is -0.346 e. The van der Waals surface area contributed by atoms with Gasteiger partial charge in [0.1, 0.15) is 12.0 Å². The first-order chi connectivity index (χ1) is 21.6. The third-order valence-electron chi connectivity index (χ3n) is 9.63. The lowest BCUT2D eigenvalue weighted by Crippen LogP contribution is -2.40. The standard InChI is InChI=1S/C41H31N3/c1-41(2)34-21-10-8-20-32(34)38-37(41)40(43-39(42-38)30-18-12-17-27(23-30)26-13-4-3-5-14-26)44-35-22-11-9-19-31(35)33-24-28-15-6-7-16-29(28)25-36(33)44/h3-25,40H,1-2H3,(H,42,43). The maximum Gasteiger partial charge on any atom is 0.135 e. The van der Waals surface area contributed by atoms with Crippen molar-refractivity contribution >= 4 is 44.1 Å². The fourth-order valence-electron chi connectivity index (χ4n) is 7.54. The smallest absolute Gasteiger partial charge is 0.135 e. The molecule has 1 unspecified atom stereocenters. The van der Waals surface area contributed by atoms with E-state index >= 15 is 0 Å². The zero-order chi connectivity index (χ0) is 29.4. The van der Waals surface area contributed by atoms with E-state index < -0.39 is 0 Å². The summed E-state index contributed by atoms with van der Waals surface area (Å²) in [7, 11) is 0. The molecule has 3 heteroatoms. The molecule has 6 aromatic carbocycles. The molecule has 0 radical (unpaired) electrons. The molecule has 1 aliphatic heterocycles. The van der Waals surface area contributed by atoms with Crippen LogP contribution in [0.3, 0.4) is 0 Å². The average molecular weight is 566 g/mol. The van der Waals surface area contributed by atoms with E-state index in [0.29, 0.717) is 0 Å². The van der Waals surface area contributed by atoms with Crippen molar-refractivity contribution in [2.45, 2.75) is 25.4 Å². The Morgan fingerprint density at radius 3 is 2.14 bits per heavy atom. The molecule has 9 rings (SSSR count). The summed E-state index contributed by atoms with van der Waals surface area (Å²) >= 11 is 0. The van der Waals surface area contributed by atoms with Crippen LogP contribution in [0.5, 0.6) is 0 Å². The molecule has 2 aliphatic rings. The molecule has 0 saturated carbocycles. The van der Waals surface area contributed by atoms with Crippen LogP contribution < -0.4 is 5.32 Å². The number of amidine groups is 1. The summed E-state index contributed by atoms with van der Waals surface area (Å²) in [6.07, 6.45) is -0.135. The number of fused-ring (bicyclic) bond motifs is 6. The Kier molecular flexibility index (Phi) is 5.31. The van der Waals surface area contributed by atoms with Crippen molar-refractivity contribution in [3.05, 3.63) is 162 Å². The van der Waals surface area contributed by atoms with Crippen molar-refractivity contribution < 1.29 is 0 Å². The molecule has 3 nitrogen and oxygen atoms in total. The Balaban J connectivity index is 1.32. The molecular formula is C41H31N3. The largest absolute Gasteiger partial charge is 0.346 e. The quantitative estimate of drug-likeness (QED) is 0.227. The van der Waals surface area contributed by atoms with Gasteiger partial charge in [0.15, 0.2) is 0 Å². The van der Waals surface area contributed by atoms with Crippen molar-refractivity contribution in [1.82, 2.24) is 9.88 Å². The summed E-state index contributed by atoms with van der Waals surface area (Å²) in [5, 5.41) is 9.04. The maximum atomic E-state index is 5.43. The van der Waals surface area contributed by atoms with Gasteiger partial charge in [0.2, 0.25) is 0 Å². The van der Waals surface area contributed by atoms with Gasteiger partial charge in [-0.25, -0.2) is 4.99 Å². The number of benzene rings is 6. The van der Waals surface area contributed by atoms with Crippen LogP contribution in [0, 0.1) is 0 Å². The lowest BCUT2D eigenvalue weighted by atomic mass is 9.79. The second kappa shape index (κ2) is 9.29. The highest BCUT2D eigenvalue weighted by Crippen LogP contribution is 2.53. The van der Waals surface area contributed by atoms with Crippen molar-refractivity contribution in [3.8, 4) is 11.1 Å². The van der Waals surface area contributed by atoms with Crippen LogP contribution >= 0.6 is 0 Å². The van der Waals surface area contributed by atoms with Crippen molar-refractivity contribution in [2.75, 3.05) is 0 Å². The van der Waals surface area contributed by atoms with Crippen LogP contribution in [0.25, 0.3) is 49.4 Å². The number of hydrogen-bond donors (Lipinski definition) is 1. The monoisotopic (exact) mass is 565 g/mol. The Bertz CT molecular complexity index is 2340. The first-order valence-electron chi connectivity index (χ1n) is 15.3. The van der Waals surface area contributed by atoms with Gasteiger partial charge in [-0.15, -0.1) is 0 Å². The molecule has 7 aromatic rings. The first-order valence-corrected chi connectivity index (χ1v) is 15.3. The van der Waals surface area contributed by atoms with Gasteiger partial charge in [-0.1, -0.05) is 129 Å². The first kappa shape index (κ1) is 25.1. The van der Waals surface area contributed by atoms with E-state index in [1.807, 2.05) is 0 Å². The van der Waals surface area contributed by atoms with Crippen molar-refractivity contribution in [2.24, 2.45) is 4.99 Å². The second-order valence-electron chi connectivity index (χ2n) is 12.5. The molecule has 44 heavy (non-hydrogen) atoms. The second-order valence-corrected chi connectivity index (χ2v) is 12.5. The Hall–Kier alpha value is -5.41. The lowest BCUT2D eigenvalue weighted by molar-refractivity contribution is 0.477. The zero-order valence-electron chi connectivity index (χ0n) is 24.8. The number of aromatic nitrogens is 1. The minimum atomic E-state index is -0.209. The minimum absolute atomic E-state index is 0.135. The number of aliphatic imine (C=N–C) groups is 1. The Labute approximate surface area is 256 Å². The molecule has 1 aromatic heterocycles. The van der Waals surface area contributed by atoms with E-state index in [1.54, 1.807) is 0 Å². The van der Waals surface area contributed by atoms with E-state index in [2.05, 4.69) is 163 Å². The van der Waals surface area contributed by atoms with E-state index in [-0.39, 0.29) is 11.6 Å². The van der Waals surface area contributed by atoms with Crippen LogP contribution in [0.4, 0.5) is 0 Å². The maximum absolute atomic E-state index is 5.43. The van der Waals surface area contributed by atoms with Gasteiger partial charge < -0.3 is 9.88 Å². The van der Waals surface area contributed by atoms with Crippen LogP contribution in [0.2, 0.25) is 0 Å². The fourth-order valence-corrected chi connectivity index (χ4v) is 7.54. The SMILES string of the molecule is CC1(C)C2=C(N=C(c3cccc(-c4ccccc4)c3)NC2n2c3ccccc3c3cc4ccccc4cc32)c2ccccc21. The predicted molar refractivity (Wildman–Crippen MR) is 184 cm³/mol. The topological polar surface area (TPSA) is 29.3 Å². The molecule has 1 aliphatic carbocycles. The molecule has 2 heterocycles. The molecular weight excluding hydrogens is 534 g/mol. The lowest BCUT2D eigenvalue weighted by Gasteiger charge is -2.36. The molecule has 0 saturated heterocycles. The highest BCUT2D eigenvalue weighted by Gasteiger charge is 2.45. The van der Waals surface area contributed by atoms with Gasteiger partial charge in [0, 0.05) is 32.9 Å². The fraction of sp³-hybridized carbons (Fsp3) is 0.0976.